The molecule has 1 atom stereocenters. The first-order valence-corrected chi connectivity index (χ1v) is 11.6. The third-order valence-electron chi connectivity index (χ3n) is 5.92. The van der Waals surface area contributed by atoms with E-state index in [1.165, 1.54) is 6.33 Å². The van der Waals surface area contributed by atoms with Crippen molar-refractivity contribution < 1.29 is 9.53 Å². The number of benzene rings is 3. The van der Waals surface area contributed by atoms with E-state index in [4.69, 9.17) is 16.3 Å². The van der Waals surface area contributed by atoms with E-state index >= 15 is 0 Å². The van der Waals surface area contributed by atoms with E-state index in [0.717, 1.165) is 22.4 Å². The molecule has 1 aliphatic heterocycles. The fourth-order valence-electron chi connectivity index (χ4n) is 4.12. The number of allylic oxidation sites excluding steroid dienone is 1. The van der Waals surface area contributed by atoms with Gasteiger partial charge in [-0.1, -0.05) is 54.1 Å². The first kappa shape index (κ1) is 22.7. The number of halogens is 1. The van der Waals surface area contributed by atoms with E-state index in [1.54, 1.807) is 4.68 Å². The molecular formula is C27H24ClN5O2. The normalized spacial score (nSPS) is 14.8. The van der Waals surface area contributed by atoms with Crippen LogP contribution in [0.1, 0.15) is 29.7 Å². The molecule has 1 amide bonds. The molecule has 0 fully saturated rings. The van der Waals surface area contributed by atoms with Gasteiger partial charge in [0, 0.05) is 16.4 Å². The second-order valence-corrected chi connectivity index (χ2v) is 8.79. The van der Waals surface area contributed by atoms with Gasteiger partial charge < -0.3 is 15.4 Å². The van der Waals surface area contributed by atoms with Gasteiger partial charge in [-0.05, 0) is 60.9 Å². The van der Waals surface area contributed by atoms with Crippen LogP contribution in [-0.2, 0) is 11.4 Å². The molecule has 1 aliphatic rings. The number of aromatic nitrogens is 3. The molecule has 0 unspecified atom stereocenters. The SMILES string of the molecule is CC1=C(C(=O)Nc2ccccc2C)[C@@H](c2cccc(OCc3ccc(Cl)cc3)c2)n2ncnc2N1. The third-order valence-corrected chi connectivity index (χ3v) is 6.18. The number of aryl methyl sites for hydroxylation is 1. The highest BCUT2D eigenvalue weighted by atomic mass is 35.5. The third kappa shape index (κ3) is 4.76. The molecule has 0 aliphatic carbocycles. The molecule has 2 N–H and O–H groups in total. The van der Waals surface area contributed by atoms with E-state index in [2.05, 4.69) is 20.7 Å². The molecule has 8 heteroatoms. The fraction of sp³-hybridized carbons (Fsp3) is 0.148. The van der Waals surface area contributed by atoms with Gasteiger partial charge in [0.05, 0.1) is 5.57 Å². The molecule has 2 heterocycles. The Balaban J connectivity index is 1.46. The van der Waals surface area contributed by atoms with Crippen molar-refractivity contribution in [3.63, 3.8) is 0 Å². The quantitative estimate of drug-likeness (QED) is 0.363. The van der Waals surface area contributed by atoms with Gasteiger partial charge in [-0.25, -0.2) is 4.68 Å². The number of fused-ring (bicyclic) bond motifs is 1. The maximum absolute atomic E-state index is 13.6. The molecule has 176 valence electrons. The summed E-state index contributed by atoms with van der Waals surface area (Å²) >= 11 is 5.98. The number of rotatable bonds is 6. The molecule has 0 saturated carbocycles. The average molecular weight is 486 g/mol. The number of nitrogens with zero attached hydrogens (tertiary/aromatic N) is 3. The summed E-state index contributed by atoms with van der Waals surface area (Å²) in [5.41, 5.74) is 4.89. The zero-order chi connectivity index (χ0) is 24.4. The van der Waals surface area contributed by atoms with Crippen molar-refractivity contribution >= 4 is 29.1 Å². The van der Waals surface area contributed by atoms with Crippen molar-refractivity contribution in [1.29, 1.82) is 0 Å². The van der Waals surface area contributed by atoms with Crippen molar-refractivity contribution in [1.82, 2.24) is 14.8 Å². The first-order valence-electron chi connectivity index (χ1n) is 11.2. The summed E-state index contributed by atoms with van der Waals surface area (Å²) in [5.74, 6) is 1.06. The Bertz CT molecular complexity index is 1410. The van der Waals surface area contributed by atoms with Gasteiger partial charge in [-0.3, -0.25) is 4.79 Å². The number of ether oxygens (including phenoxy) is 1. The number of anilines is 2. The summed E-state index contributed by atoms with van der Waals surface area (Å²) in [5, 5.41) is 11.4. The van der Waals surface area contributed by atoms with Crippen LogP contribution in [0.25, 0.3) is 0 Å². The monoisotopic (exact) mass is 485 g/mol. The Morgan fingerprint density at radius 1 is 1.09 bits per heavy atom. The van der Waals surface area contributed by atoms with E-state index < -0.39 is 6.04 Å². The number of carbonyl (C=O) groups is 1. The number of amides is 1. The number of nitrogens with one attached hydrogen (secondary N) is 2. The number of para-hydroxylation sites is 1. The minimum absolute atomic E-state index is 0.206. The topological polar surface area (TPSA) is 81.1 Å². The van der Waals surface area contributed by atoms with Gasteiger partial charge in [-0.15, -0.1) is 0 Å². The molecule has 0 spiro atoms. The highest BCUT2D eigenvalue weighted by Crippen LogP contribution is 2.36. The van der Waals surface area contributed by atoms with Crippen LogP contribution in [0.15, 0.2) is 90.4 Å². The summed E-state index contributed by atoms with van der Waals surface area (Å²) in [7, 11) is 0. The maximum atomic E-state index is 13.6. The van der Waals surface area contributed by atoms with Gasteiger partial charge in [0.1, 0.15) is 24.7 Å². The van der Waals surface area contributed by atoms with E-state index in [0.29, 0.717) is 34.6 Å². The molecule has 0 saturated heterocycles. The van der Waals surface area contributed by atoms with Crippen LogP contribution in [-0.4, -0.2) is 20.7 Å². The maximum Gasteiger partial charge on any atom is 0.255 e. The summed E-state index contributed by atoms with van der Waals surface area (Å²) in [6.07, 6.45) is 1.48. The summed E-state index contributed by atoms with van der Waals surface area (Å²) in [4.78, 5) is 17.9. The lowest BCUT2D eigenvalue weighted by atomic mass is 9.94. The van der Waals surface area contributed by atoms with Gasteiger partial charge in [0.15, 0.2) is 0 Å². The summed E-state index contributed by atoms with van der Waals surface area (Å²) in [6, 6.07) is 22.5. The minimum atomic E-state index is -0.475. The van der Waals surface area contributed by atoms with Crippen molar-refractivity contribution in [2.45, 2.75) is 26.5 Å². The van der Waals surface area contributed by atoms with E-state index in [-0.39, 0.29) is 5.91 Å². The Morgan fingerprint density at radius 2 is 1.89 bits per heavy atom. The molecule has 1 aromatic heterocycles. The van der Waals surface area contributed by atoms with Gasteiger partial charge >= 0.3 is 0 Å². The Morgan fingerprint density at radius 3 is 2.69 bits per heavy atom. The van der Waals surface area contributed by atoms with Crippen LogP contribution in [0, 0.1) is 6.92 Å². The second kappa shape index (κ2) is 9.64. The van der Waals surface area contributed by atoms with Crippen LogP contribution in [0.3, 0.4) is 0 Å². The standard InChI is InChI=1S/C27H24ClN5O2/c1-17-6-3-4-9-23(17)32-26(34)24-18(2)31-27-29-16-30-33(27)25(24)20-7-5-8-22(14-20)35-15-19-10-12-21(28)13-11-19/h3-14,16,25H,15H2,1-2H3,(H,32,34)(H,29,30,31)/t25-/m1/s1. The van der Waals surface area contributed by atoms with Crippen molar-refractivity contribution in [3.8, 4) is 5.75 Å². The number of hydrogen-bond acceptors (Lipinski definition) is 5. The van der Waals surface area contributed by atoms with Gasteiger partial charge in [0.25, 0.3) is 5.91 Å². The Labute approximate surface area is 208 Å². The van der Waals surface area contributed by atoms with E-state index in [9.17, 15) is 4.79 Å². The second-order valence-electron chi connectivity index (χ2n) is 8.35. The van der Waals surface area contributed by atoms with Gasteiger partial charge in [0.2, 0.25) is 5.95 Å². The molecule has 35 heavy (non-hydrogen) atoms. The zero-order valence-electron chi connectivity index (χ0n) is 19.3. The van der Waals surface area contributed by atoms with Crippen LogP contribution in [0.2, 0.25) is 5.02 Å². The molecule has 0 bridgehead atoms. The fourth-order valence-corrected chi connectivity index (χ4v) is 4.24. The van der Waals surface area contributed by atoms with Crippen molar-refractivity contribution in [2.24, 2.45) is 0 Å². The smallest absolute Gasteiger partial charge is 0.255 e. The van der Waals surface area contributed by atoms with Crippen LogP contribution in [0.5, 0.6) is 5.75 Å². The zero-order valence-corrected chi connectivity index (χ0v) is 20.1. The summed E-state index contributed by atoms with van der Waals surface area (Å²) in [6.45, 7) is 4.24. The Hall–Kier alpha value is -4.10. The lowest BCUT2D eigenvalue weighted by Crippen LogP contribution is -2.31. The minimum Gasteiger partial charge on any atom is -0.489 e. The molecule has 7 nitrogen and oxygen atoms in total. The highest BCUT2D eigenvalue weighted by Gasteiger charge is 2.33. The van der Waals surface area contributed by atoms with Crippen LogP contribution < -0.4 is 15.4 Å². The molecule has 4 aromatic rings. The predicted molar refractivity (Wildman–Crippen MR) is 137 cm³/mol. The molecule has 0 radical (unpaired) electrons. The van der Waals surface area contributed by atoms with E-state index in [1.807, 2.05) is 86.6 Å². The highest BCUT2D eigenvalue weighted by molar-refractivity contribution is 6.30. The predicted octanol–water partition coefficient (Wildman–Crippen LogP) is 5.75. The van der Waals surface area contributed by atoms with Crippen molar-refractivity contribution in [3.05, 3.63) is 112 Å². The summed E-state index contributed by atoms with van der Waals surface area (Å²) < 4.78 is 7.77. The number of carbonyl (C=O) groups excluding carboxylic acids is 1. The largest absolute Gasteiger partial charge is 0.489 e. The lowest BCUT2D eigenvalue weighted by molar-refractivity contribution is -0.113. The molecular weight excluding hydrogens is 462 g/mol. The molecule has 3 aromatic carbocycles. The van der Waals surface area contributed by atoms with Crippen LogP contribution >= 0.6 is 11.6 Å². The number of hydrogen-bond donors (Lipinski definition) is 2. The lowest BCUT2D eigenvalue weighted by Gasteiger charge is -2.29. The Kier molecular flexibility index (Phi) is 6.25. The first-order chi connectivity index (χ1) is 17.0. The van der Waals surface area contributed by atoms with Gasteiger partial charge in [-0.2, -0.15) is 10.1 Å². The average Bonchev–Trinajstić information content (AvgIpc) is 3.32. The van der Waals surface area contributed by atoms with Crippen molar-refractivity contribution in [2.75, 3.05) is 10.6 Å². The molecule has 5 rings (SSSR count). The van der Waals surface area contributed by atoms with Crippen LogP contribution in [0.4, 0.5) is 11.6 Å².